The second kappa shape index (κ2) is 2.50. The number of carbonyl (C=O) groups is 1. The fourth-order valence-corrected chi connectivity index (χ4v) is 3.99. The van der Waals surface area contributed by atoms with Crippen molar-refractivity contribution < 1.29 is 4.79 Å². The molecule has 2 atom stereocenters. The molecule has 2 rings (SSSR count). The van der Waals surface area contributed by atoms with E-state index in [4.69, 9.17) is 0 Å². The highest BCUT2D eigenvalue weighted by Gasteiger charge is 2.65. The minimum Gasteiger partial charge on any atom is -0.303 e. The number of hydrogen-bond donors (Lipinski definition) is 0. The van der Waals surface area contributed by atoms with E-state index in [1.165, 1.54) is 24.2 Å². The van der Waals surface area contributed by atoms with Crippen LogP contribution in [0.3, 0.4) is 0 Å². The first kappa shape index (κ1) is 8.61. The zero-order chi connectivity index (χ0) is 8.82. The molecule has 0 N–H and O–H groups in total. The first-order chi connectivity index (χ1) is 5.62. The minimum atomic E-state index is 0.0660. The van der Waals surface area contributed by atoms with Crippen LogP contribution in [0.1, 0.15) is 26.7 Å². The molecule has 0 spiro atoms. The summed E-state index contributed by atoms with van der Waals surface area (Å²) in [5, 5.41) is 0. The molecule has 2 unspecified atom stereocenters. The lowest BCUT2D eigenvalue weighted by atomic mass is 9.83. The van der Waals surface area contributed by atoms with Crippen molar-refractivity contribution >= 4 is 18.0 Å². The minimum absolute atomic E-state index is 0.0660. The van der Waals surface area contributed by atoms with Gasteiger partial charge in [0.2, 0.25) is 0 Å². The van der Waals surface area contributed by atoms with Gasteiger partial charge in [0, 0.05) is 5.41 Å². The third-order valence-corrected chi connectivity index (χ3v) is 4.90. The lowest BCUT2D eigenvalue weighted by Crippen LogP contribution is -2.22. The van der Waals surface area contributed by atoms with E-state index in [9.17, 15) is 4.79 Å². The Kier molecular flexibility index (Phi) is 1.80. The molecule has 0 amide bonds. The van der Waals surface area contributed by atoms with Crippen LogP contribution < -0.4 is 0 Å². The molecule has 1 nitrogen and oxygen atoms in total. The Hall–Kier alpha value is 0.0200. The third-order valence-electron chi connectivity index (χ3n) is 3.74. The predicted octanol–water partition coefficient (Wildman–Crippen LogP) is 2.35. The first-order valence-corrected chi connectivity index (χ1v) is 5.82. The van der Waals surface area contributed by atoms with Crippen LogP contribution in [0.2, 0.25) is 0 Å². The topological polar surface area (TPSA) is 17.1 Å². The van der Waals surface area contributed by atoms with Gasteiger partial charge in [-0.3, -0.25) is 0 Å². The molecule has 0 aromatic heterocycles. The summed E-state index contributed by atoms with van der Waals surface area (Å²) in [6.45, 7) is 4.45. The third kappa shape index (κ3) is 0.968. The molecular weight excluding hydrogens is 168 g/mol. The van der Waals surface area contributed by atoms with Gasteiger partial charge in [-0.15, -0.1) is 0 Å². The van der Waals surface area contributed by atoms with Crippen molar-refractivity contribution in [1.82, 2.24) is 0 Å². The number of hydrogen-bond acceptors (Lipinski definition) is 2. The van der Waals surface area contributed by atoms with Crippen molar-refractivity contribution in [3.8, 4) is 0 Å². The van der Waals surface area contributed by atoms with Crippen LogP contribution in [0.4, 0.5) is 0 Å². The number of rotatable bonds is 2. The van der Waals surface area contributed by atoms with E-state index < -0.39 is 0 Å². The van der Waals surface area contributed by atoms with E-state index in [0.717, 1.165) is 6.42 Å². The lowest BCUT2D eigenvalue weighted by molar-refractivity contribution is -0.114. The van der Waals surface area contributed by atoms with Gasteiger partial charge in [0.05, 0.1) is 0 Å². The summed E-state index contributed by atoms with van der Waals surface area (Å²) >= 11 is 2.01. The standard InChI is InChI=1S/C10H16OS/c1-9(2)6-10(9,7-11)8-3-4-12-5-8/h7-8H,3-6H2,1-2H3. The van der Waals surface area contributed by atoms with Gasteiger partial charge in [0.15, 0.2) is 0 Å². The Morgan fingerprint density at radius 1 is 1.50 bits per heavy atom. The van der Waals surface area contributed by atoms with E-state index in [0.29, 0.717) is 11.3 Å². The van der Waals surface area contributed by atoms with Gasteiger partial charge in [-0.1, -0.05) is 13.8 Å². The van der Waals surface area contributed by atoms with Gasteiger partial charge in [-0.2, -0.15) is 11.8 Å². The molecule has 2 heteroatoms. The van der Waals surface area contributed by atoms with Gasteiger partial charge in [-0.25, -0.2) is 0 Å². The highest BCUT2D eigenvalue weighted by atomic mass is 32.2. The Morgan fingerprint density at radius 2 is 2.17 bits per heavy atom. The quantitative estimate of drug-likeness (QED) is 0.613. The fraction of sp³-hybridized carbons (Fsp3) is 0.900. The van der Waals surface area contributed by atoms with Crippen LogP contribution in [0, 0.1) is 16.7 Å². The van der Waals surface area contributed by atoms with E-state index in [-0.39, 0.29) is 5.41 Å². The van der Waals surface area contributed by atoms with Gasteiger partial charge in [-0.05, 0) is 35.7 Å². The summed E-state index contributed by atoms with van der Waals surface area (Å²) < 4.78 is 0. The Balaban J connectivity index is 2.15. The molecule has 12 heavy (non-hydrogen) atoms. The van der Waals surface area contributed by atoms with Crippen LogP contribution in [-0.2, 0) is 4.79 Å². The largest absolute Gasteiger partial charge is 0.303 e. The summed E-state index contributed by atoms with van der Waals surface area (Å²) in [5.74, 6) is 3.15. The molecule has 1 saturated carbocycles. The van der Waals surface area contributed by atoms with E-state index >= 15 is 0 Å². The van der Waals surface area contributed by atoms with Crippen LogP contribution in [0.5, 0.6) is 0 Å². The molecule has 0 aromatic rings. The fourth-order valence-electron chi connectivity index (χ4n) is 2.62. The summed E-state index contributed by atoms with van der Waals surface area (Å²) in [7, 11) is 0. The molecule has 68 valence electrons. The molecule has 0 bridgehead atoms. The van der Waals surface area contributed by atoms with E-state index in [1.54, 1.807) is 0 Å². The zero-order valence-electron chi connectivity index (χ0n) is 7.80. The van der Waals surface area contributed by atoms with Gasteiger partial charge in [0.1, 0.15) is 6.29 Å². The molecule has 2 aliphatic rings. The summed E-state index contributed by atoms with van der Waals surface area (Å²) in [4.78, 5) is 11.1. The molecule has 1 aliphatic carbocycles. The monoisotopic (exact) mass is 184 g/mol. The molecule has 1 aliphatic heterocycles. The molecule has 1 heterocycles. The van der Waals surface area contributed by atoms with Crippen molar-refractivity contribution in [1.29, 1.82) is 0 Å². The van der Waals surface area contributed by atoms with Crippen molar-refractivity contribution in [2.24, 2.45) is 16.7 Å². The predicted molar refractivity (Wildman–Crippen MR) is 52.3 cm³/mol. The maximum Gasteiger partial charge on any atom is 0.127 e. The van der Waals surface area contributed by atoms with Crippen LogP contribution >= 0.6 is 11.8 Å². The molecule has 0 aromatic carbocycles. The Bertz CT molecular complexity index is 206. The van der Waals surface area contributed by atoms with Gasteiger partial charge in [0.25, 0.3) is 0 Å². The molecule has 2 fully saturated rings. The van der Waals surface area contributed by atoms with Crippen LogP contribution in [-0.4, -0.2) is 17.8 Å². The lowest BCUT2D eigenvalue weighted by Gasteiger charge is -2.19. The number of carbonyl (C=O) groups excluding carboxylic acids is 1. The van der Waals surface area contributed by atoms with E-state index in [1.807, 2.05) is 11.8 Å². The average molecular weight is 184 g/mol. The summed E-state index contributed by atoms with van der Waals surface area (Å²) in [6.07, 6.45) is 3.62. The number of aldehydes is 1. The van der Waals surface area contributed by atoms with Crippen molar-refractivity contribution in [2.45, 2.75) is 26.7 Å². The highest BCUT2D eigenvalue weighted by Crippen LogP contribution is 2.68. The molecule has 0 radical (unpaired) electrons. The van der Waals surface area contributed by atoms with Crippen molar-refractivity contribution in [2.75, 3.05) is 11.5 Å². The Morgan fingerprint density at radius 3 is 2.50 bits per heavy atom. The van der Waals surface area contributed by atoms with Gasteiger partial charge < -0.3 is 4.79 Å². The van der Waals surface area contributed by atoms with Gasteiger partial charge >= 0.3 is 0 Å². The average Bonchev–Trinajstić information content (AvgIpc) is 2.52. The van der Waals surface area contributed by atoms with E-state index in [2.05, 4.69) is 13.8 Å². The smallest absolute Gasteiger partial charge is 0.127 e. The first-order valence-electron chi connectivity index (χ1n) is 4.66. The second-order valence-corrected chi connectivity index (χ2v) is 5.93. The number of thioether (sulfide) groups is 1. The highest BCUT2D eigenvalue weighted by molar-refractivity contribution is 7.99. The van der Waals surface area contributed by atoms with Crippen molar-refractivity contribution in [3.63, 3.8) is 0 Å². The molecule has 1 saturated heterocycles. The van der Waals surface area contributed by atoms with Crippen LogP contribution in [0.15, 0.2) is 0 Å². The summed E-state index contributed by atoms with van der Waals surface area (Å²) in [5.41, 5.74) is 0.362. The maximum atomic E-state index is 11.1. The maximum absolute atomic E-state index is 11.1. The SMILES string of the molecule is CC1(C)CC1(C=O)C1CCSC1. The second-order valence-electron chi connectivity index (χ2n) is 4.78. The summed E-state index contributed by atoms with van der Waals surface area (Å²) in [6, 6.07) is 0. The zero-order valence-corrected chi connectivity index (χ0v) is 8.62. The molecular formula is C10H16OS. The Labute approximate surface area is 78.3 Å². The van der Waals surface area contributed by atoms with Crippen molar-refractivity contribution in [3.05, 3.63) is 0 Å². The normalized spacial score (nSPS) is 44.3. The van der Waals surface area contributed by atoms with Crippen LogP contribution in [0.25, 0.3) is 0 Å².